The molecule has 2 rings (SSSR count). The number of aliphatic hydroxyl groups excluding tert-OH is 2. The zero-order valence-electron chi connectivity index (χ0n) is 18.5. The van der Waals surface area contributed by atoms with Crippen LogP contribution in [0.15, 0.2) is 30.3 Å². The maximum atomic E-state index is 9.47. The molecule has 0 aliphatic carbocycles. The zero-order valence-corrected chi connectivity index (χ0v) is 18.5. The molecule has 166 valence electrons. The summed E-state index contributed by atoms with van der Waals surface area (Å²) >= 11 is 0. The summed E-state index contributed by atoms with van der Waals surface area (Å²) < 4.78 is 0. The molecule has 0 unspecified atom stereocenters. The molecule has 0 spiro atoms. The third-order valence-corrected chi connectivity index (χ3v) is 5.33. The van der Waals surface area contributed by atoms with E-state index in [-0.39, 0.29) is 13.5 Å². The van der Waals surface area contributed by atoms with Gasteiger partial charge in [-0.25, -0.2) is 4.98 Å². The second kappa shape index (κ2) is 14.9. The Morgan fingerprint density at radius 1 is 0.700 bits per heavy atom. The van der Waals surface area contributed by atoms with Gasteiger partial charge in [-0.3, -0.25) is 4.90 Å². The van der Waals surface area contributed by atoms with Gasteiger partial charge in [0.05, 0.1) is 0 Å². The molecule has 6 heteroatoms. The van der Waals surface area contributed by atoms with Crippen LogP contribution in [0, 0.1) is 0 Å². The van der Waals surface area contributed by atoms with Crippen molar-refractivity contribution in [1.82, 2.24) is 15.0 Å². The fourth-order valence-electron chi connectivity index (χ4n) is 3.50. The predicted molar refractivity (Wildman–Crippen MR) is 122 cm³/mol. The molecule has 1 aromatic heterocycles. The molecular weight excluding hydrogens is 376 g/mol. The molecule has 30 heavy (non-hydrogen) atoms. The lowest BCUT2D eigenvalue weighted by atomic mass is 10.1. The van der Waals surface area contributed by atoms with Gasteiger partial charge in [-0.2, -0.15) is 9.97 Å². The summed E-state index contributed by atoms with van der Waals surface area (Å²) in [5.41, 5.74) is 0.900. The van der Waals surface area contributed by atoms with Crippen LogP contribution in [-0.4, -0.2) is 38.6 Å². The number of aromatic nitrogens is 3. The van der Waals surface area contributed by atoms with E-state index in [1.54, 1.807) is 0 Å². The van der Waals surface area contributed by atoms with Crippen LogP contribution in [0.5, 0.6) is 0 Å². The number of rotatable bonds is 16. The summed E-state index contributed by atoms with van der Waals surface area (Å²) in [6.45, 7) is 1.58. The van der Waals surface area contributed by atoms with Crippen molar-refractivity contribution in [2.24, 2.45) is 0 Å². The number of hydrogen-bond acceptors (Lipinski definition) is 6. The third kappa shape index (κ3) is 8.76. The normalized spacial score (nSPS) is 11.0. The van der Waals surface area contributed by atoms with E-state index in [2.05, 4.69) is 21.9 Å². The minimum absolute atomic E-state index is 0.312. The highest BCUT2D eigenvalue weighted by molar-refractivity contribution is 5.56. The van der Waals surface area contributed by atoms with E-state index in [1.807, 2.05) is 30.3 Å². The van der Waals surface area contributed by atoms with Crippen molar-refractivity contribution in [1.29, 1.82) is 0 Å². The molecule has 0 saturated heterocycles. The molecule has 1 aromatic carbocycles. The molecule has 0 aliphatic heterocycles. The Hall–Kier alpha value is -2.05. The highest BCUT2D eigenvalue weighted by Crippen LogP contribution is 2.19. The Bertz CT molecular complexity index is 693. The fraction of sp³-hybridized carbons (Fsp3) is 0.625. The minimum Gasteiger partial charge on any atom is -0.376 e. The zero-order chi connectivity index (χ0) is 21.4. The van der Waals surface area contributed by atoms with Crippen molar-refractivity contribution in [3.63, 3.8) is 0 Å². The lowest BCUT2D eigenvalue weighted by Gasteiger charge is -2.17. The topological polar surface area (TPSA) is 82.4 Å². The summed E-state index contributed by atoms with van der Waals surface area (Å²) in [7, 11) is 0. The standard InChI is InChI=1S/C24H38N4O2/c1-2-3-4-5-6-7-8-9-10-11-15-18-22-25-23(21-16-13-12-14-17-21)27-24(26-22)28(19-29)20-30/h12-14,16-17,29-30H,2-11,15,18-20H2,1H3. The lowest BCUT2D eigenvalue weighted by molar-refractivity contribution is 0.220. The number of anilines is 1. The number of hydrogen-bond donors (Lipinski definition) is 2. The van der Waals surface area contributed by atoms with Gasteiger partial charge in [0, 0.05) is 12.0 Å². The molecule has 0 atom stereocenters. The third-order valence-electron chi connectivity index (χ3n) is 5.33. The van der Waals surface area contributed by atoms with Gasteiger partial charge in [0.1, 0.15) is 19.3 Å². The number of unbranched alkanes of at least 4 members (excludes halogenated alkanes) is 10. The Balaban J connectivity index is 1.81. The summed E-state index contributed by atoms with van der Waals surface area (Å²) in [5.74, 6) is 1.60. The first kappa shape index (κ1) is 24.2. The molecule has 0 fully saturated rings. The van der Waals surface area contributed by atoms with Gasteiger partial charge in [0.25, 0.3) is 0 Å². The Morgan fingerprint density at radius 2 is 1.27 bits per heavy atom. The van der Waals surface area contributed by atoms with Crippen LogP contribution in [0.4, 0.5) is 5.95 Å². The maximum Gasteiger partial charge on any atom is 0.232 e. The first-order chi connectivity index (χ1) is 14.8. The van der Waals surface area contributed by atoms with Gasteiger partial charge in [-0.05, 0) is 6.42 Å². The summed E-state index contributed by atoms with van der Waals surface area (Å²) in [6, 6.07) is 9.74. The van der Waals surface area contributed by atoms with Crippen molar-refractivity contribution < 1.29 is 10.2 Å². The lowest BCUT2D eigenvalue weighted by Crippen LogP contribution is -2.28. The van der Waals surface area contributed by atoms with E-state index in [9.17, 15) is 10.2 Å². The SMILES string of the molecule is CCCCCCCCCCCCCc1nc(-c2ccccc2)nc(N(CO)CO)n1. The van der Waals surface area contributed by atoms with Crippen molar-refractivity contribution in [2.45, 2.75) is 84.0 Å². The minimum atomic E-state index is -0.341. The van der Waals surface area contributed by atoms with Crippen LogP contribution in [0.25, 0.3) is 11.4 Å². The monoisotopic (exact) mass is 414 g/mol. The van der Waals surface area contributed by atoms with E-state index >= 15 is 0 Å². The number of benzene rings is 1. The summed E-state index contributed by atoms with van der Waals surface area (Å²) in [5, 5.41) is 18.9. The van der Waals surface area contributed by atoms with Crippen LogP contribution < -0.4 is 4.90 Å². The van der Waals surface area contributed by atoms with Crippen LogP contribution in [0.2, 0.25) is 0 Å². The average molecular weight is 415 g/mol. The van der Waals surface area contributed by atoms with Gasteiger partial charge >= 0.3 is 0 Å². The molecule has 0 bridgehead atoms. The summed E-state index contributed by atoms with van der Waals surface area (Å²) in [4.78, 5) is 14.8. The van der Waals surface area contributed by atoms with Crippen LogP contribution in [0.3, 0.4) is 0 Å². The second-order valence-electron chi connectivity index (χ2n) is 7.85. The van der Waals surface area contributed by atoms with E-state index in [4.69, 9.17) is 0 Å². The predicted octanol–water partition coefficient (Wildman–Crippen LogP) is 5.10. The largest absolute Gasteiger partial charge is 0.376 e. The Morgan fingerprint density at radius 3 is 1.83 bits per heavy atom. The first-order valence-electron chi connectivity index (χ1n) is 11.6. The molecule has 2 N–H and O–H groups in total. The molecule has 1 heterocycles. The van der Waals surface area contributed by atoms with E-state index in [0.29, 0.717) is 17.6 Å². The summed E-state index contributed by atoms with van der Waals surface area (Å²) in [6.07, 6.45) is 15.1. The van der Waals surface area contributed by atoms with Gasteiger partial charge in [-0.15, -0.1) is 0 Å². The Labute approximate surface area is 181 Å². The molecule has 0 saturated carbocycles. The first-order valence-corrected chi connectivity index (χ1v) is 11.6. The van der Waals surface area contributed by atoms with Gasteiger partial charge in [0.2, 0.25) is 5.95 Å². The van der Waals surface area contributed by atoms with Gasteiger partial charge in [0.15, 0.2) is 5.82 Å². The van der Waals surface area contributed by atoms with Crippen molar-refractivity contribution >= 4 is 5.95 Å². The molecule has 0 radical (unpaired) electrons. The van der Waals surface area contributed by atoms with E-state index in [0.717, 1.165) is 18.4 Å². The molecule has 6 nitrogen and oxygen atoms in total. The quantitative estimate of drug-likeness (QED) is 0.294. The van der Waals surface area contributed by atoms with Gasteiger partial charge < -0.3 is 10.2 Å². The van der Waals surface area contributed by atoms with Crippen LogP contribution in [0.1, 0.15) is 83.4 Å². The number of aliphatic hydroxyl groups is 2. The van der Waals surface area contributed by atoms with Crippen molar-refractivity contribution in [2.75, 3.05) is 18.4 Å². The van der Waals surface area contributed by atoms with Crippen molar-refractivity contribution in [3.05, 3.63) is 36.2 Å². The fourth-order valence-corrected chi connectivity index (χ4v) is 3.50. The number of nitrogens with zero attached hydrogens (tertiary/aromatic N) is 4. The van der Waals surface area contributed by atoms with Crippen LogP contribution >= 0.6 is 0 Å². The molecule has 0 aliphatic rings. The number of aryl methyl sites for hydroxylation is 1. The van der Waals surface area contributed by atoms with Gasteiger partial charge in [-0.1, -0.05) is 101 Å². The Kier molecular flexibility index (Phi) is 12.0. The second-order valence-corrected chi connectivity index (χ2v) is 7.85. The van der Waals surface area contributed by atoms with E-state index in [1.165, 1.54) is 69.1 Å². The molecule has 0 amide bonds. The molecular formula is C24H38N4O2. The smallest absolute Gasteiger partial charge is 0.232 e. The average Bonchev–Trinajstić information content (AvgIpc) is 2.79. The van der Waals surface area contributed by atoms with E-state index < -0.39 is 0 Å². The molecule has 2 aromatic rings. The maximum absolute atomic E-state index is 9.47. The highest BCUT2D eigenvalue weighted by Gasteiger charge is 2.13. The highest BCUT2D eigenvalue weighted by atomic mass is 16.3. The van der Waals surface area contributed by atoms with Crippen molar-refractivity contribution in [3.8, 4) is 11.4 Å². The van der Waals surface area contributed by atoms with Crippen LogP contribution in [-0.2, 0) is 6.42 Å².